The zero-order valence-corrected chi connectivity index (χ0v) is 7.72. The van der Waals surface area contributed by atoms with Gasteiger partial charge in [0, 0.05) is 12.2 Å². The van der Waals surface area contributed by atoms with Crippen molar-refractivity contribution in [2.75, 3.05) is 11.9 Å². The van der Waals surface area contributed by atoms with Crippen LogP contribution in [0.25, 0.3) is 0 Å². The van der Waals surface area contributed by atoms with E-state index in [0.717, 1.165) is 12.5 Å². The van der Waals surface area contributed by atoms with Crippen molar-refractivity contribution in [3.63, 3.8) is 0 Å². The molecule has 0 aromatic heterocycles. The molecule has 0 amide bonds. The van der Waals surface area contributed by atoms with E-state index < -0.39 is 0 Å². The maximum Gasteiger partial charge on any atom is 0.0405 e. The number of hydrogen-bond acceptors (Lipinski definition) is 1. The van der Waals surface area contributed by atoms with E-state index in [-0.39, 0.29) is 0 Å². The number of hydrogen-bond donors (Lipinski definition) is 1. The molecule has 1 aromatic carbocycles. The molecule has 1 heterocycles. The first kappa shape index (κ1) is 7.66. The Morgan fingerprint density at radius 2 is 2.25 bits per heavy atom. The van der Waals surface area contributed by atoms with E-state index in [0.29, 0.717) is 0 Å². The van der Waals surface area contributed by atoms with Gasteiger partial charge in [0.25, 0.3) is 0 Å². The van der Waals surface area contributed by atoms with Crippen LogP contribution in [-0.2, 0) is 0 Å². The normalized spacial score (nSPS) is 21.3. The zero-order valence-electron chi connectivity index (χ0n) is 7.72. The number of para-hydroxylation sites is 1. The third-order valence-corrected chi connectivity index (χ3v) is 2.72. The molecule has 1 N–H and O–H groups in total. The molecule has 0 unspecified atom stereocenters. The molecule has 64 valence electrons. The van der Waals surface area contributed by atoms with Gasteiger partial charge >= 0.3 is 0 Å². The second-order valence-corrected chi connectivity index (χ2v) is 3.66. The summed E-state index contributed by atoms with van der Waals surface area (Å²) in [6, 6.07) is 6.56. The molecular formula is C11H15N. The van der Waals surface area contributed by atoms with Crippen LogP contribution in [0.3, 0.4) is 0 Å². The number of nitrogens with one attached hydrogen (secondary N) is 1. The molecule has 1 aliphatic heterocycles. The summed E-state index contributed by atoms with van der Waals surface area (Å²) < 4.78 is 0. The molecule has 1 aliphatic rings. The lowest BCUT2D eigenvalue weighted by Crippen LogP contribution is -2.15. The van der Waals surface area contributed by atoms with E-state index in [4.69, 9.17) is 0 Å². The molecule has 2 rings (SSSR count). The fourth-order valence-corrected chi connectivity index (χ4v) is 1.91. The fraction of sp³-hybridized carbons (Fsp3) is 0.455. The summed E-state index contributed by atoms with van der Waals surface area (Å²) in [5.74, 6) is 0.723. The van der Waals surface area contributed by atoms with Gasteiger partial charge < -0.3 is 5.32 Å². The van der Waals surface area contributed by atoms with Crippen LogP contribution in [0, 0.1) is 6.92 Å². The van der Waals surface area contributed by atoms with E-state index in [2.05, 4.69) is 37.4 Å². The predicted octanol–water partition coefficient (Wildman–Crippen LogP) is 2.91. The molecule has 1 aromatic rings. The van der Waals surface area contributed by atoms with Crippen molar-refractivity contribution in [3.05, 3.63) is 29.3 Å². The summed E-state index contributed by atoms with van der Waals surface area (Å²) in [5.41, 5.74) is 4.23. The van der Waals surface area contributed by atoms with Crippen LogP contribution in [0.5, 0.6) is 0 Å². The van der Waals surface area contributed by atoms with Gasteiger partial charge in [0.2, 0.25) is 0 Å². The maximum absolute atomic E-state index is 3.46. The first-order chi connectivity index (χ1) is 5.79. The molecule has 0 saturated heterocycles. The molecular weight excluding hydrogens is 146 g/mol. The van der Waals surface area contributed by atoms with Gasteiger partial charge in [-0.1, -0.05) is 25.1 Å². The quantitative estimate of drug-likeness (QED) is 0.617. The second-order valence-electron chi connectivity index (χ2n) is 3.66. The summed E-state index contributed by atoms with van der Waals surface area (Å²) in [6.45, 7) is 5.60. The largest absolute Gasteiger partial charge is 0.385 e. The Hall–Kier alpha value is -0.980. The summed E-state index contributed by atoms with van der Waals surface area (Å²) in [7, 11) is 0. The van der Waals surface area contributed by atoms with Crippen LogP contribution >= 0.6 is 0 Å². The molecule has 0 fully saturated rings. The highest BCUT2D eigenvalue weighted by Crippen LogP contribution is 2.32. The van der Waals surface area contributed by atoms with Crippen molar-refractivity contribution in [2.24, 2.45) is 0 Å². The number of rotatable bonds is 0. The van der Waals surface area contributed by atoms with Crippen LogP contribution < -0.4 is 5.32 Å². The Morgan fingerprint density at radius 1 is 1.42 bits per heavy atom. The predicted molar refractivity (Wildman–Crippen MR) is 52.7 cm³/mol. The molecule has 0 radical (unpaired) electrons. The minimum atomic E-state index is 0.723. The van der Waals surface area contributed by atoms with Crippen LogP contribution in [0.15, 0.2) is 18.2 Å². The van der Waals surface area contributed by atoms with Gasteiger partial charge in [0.05, 0.1) is 0 Å². The number of benzene rings is 1. The van der Waals surface area contributed by atoms with E-state index >= 15 is 0 Å². The topological polar surface area (TPSA) is 12.0 Å². The third kappa shape index (κ3) is 1.09. The minimum Gasteiger partial charge on any atom is -0.385 e. The molecule has 0 spiro atoms. The third-order valence-electron chi connectivity index (χ3n) is 2.72. The number of anilines is 1. The minimum absolute atomic E-state index is 0.723. The lowest BCUT2D eigenvalue weighted by atomic mass is 9.91. The van der Waals surface area contributed by atoms with Crippen molar-refractivity contribution >= 4 is 5.69 Å². The Balaban J connectivity index is 2.52. The second kappa shape index (κ2) is 2.81. The molecule has 1 heteroatoms. The van der Waals surface area contributed by atoms with Gasteiger partial charge in [-0.25, -0.2) is 0 Å². The monoisotopic (exact) mass is 161 g/mol. The Labute approximate surface area is 73.8 Å². The van der Waals surface area contributed by atoms with E-state index in [1.807, 2.05) is 0 Å². The average Bonchev–Trinajstić information content (AvgIpc) is 2.07. The lowest BCUT2D eigenvalue weighted by molar-refractivity contribution is 0.682. The highest BCUT2D eigenvalue weighted by Gasteiger charge is 2.16. The molecule has 1 atom stereocenters. The van der Waals surface area contributed by atoms with Crippen LogP contribution in [0.4, 0.5) is 5.69 Å². The van der Waals surface area contributed by atoms with Gasteiger partial charge in [0.15, 0.2) is 0 Å². The maximum atomic E-state index is 3.46. The van der Waals surface area contributed by atoms with Gasteiger partial charge in [-0.3, -0.25) is 0 Å². The van der Waals surface area contributed by atoms with Crippen LogP contribution in [0.1, 0.15) is 30.4 Å². The summed E-state index contributed by atoms with van der Waals surface area (Å²) in [6.07, 6.45) is 1.26. The van der Waals surface area contributed by atoms with Crippen molar-refractivity contribution in [2.45, 2.75) is 26.2 Å². The van der Waals surface area contributed by atoms with Crippen molar-refractivity contribution in [1.82, 2.24) is 0 Å². The molecule has 1 nitrogen and oxygen atoms in total. The van der Waals surface area contributed by atoms with Crippen molar-refractivity contribution < 1.29 is 0 Å². The van der Waals surface area contributed by atoms with Gasteiger partial charge in [-0.05, 0) is 30.4 Å². The molecule has 0 saturated carbocycles. The zero-order chi connectivity index (χ0) is 8.55. The lowest BCUT2D eigenvalue weighted by Gasteiger charge is -2.25. The molecule has 0 bridgehead atoms. The SMILES string of the molecule is Cc1cccc2c1NCC[C@@H]2C. The fourth-order valence-electron chi connectivity index (χ4n) is 1.91. The first-order valence-electron chi connectivity index (χ1n) is 4.62. The summed E-state index contributed by atoms with van der Waals surface area (Å²) in [5, 5.41) is 3.46. The van der Waals surface area contributed by atoms with Crippen molar-refractivity contribution in [1.29, 1.82) is 0 Å². The number of fused-ring (bicyclic) bond motifs is 1. The van der Waals surface area contributed by atoms with Gasteiger partial charge in [-0.2, -0.15) is 0 Å². The molecule has 0 aliphatic carbocycles. The Morgan fingerprint density at radius 3 is 3.00 bits per heavy atom. The summed E-state index contributed by atoms with van der Waals surface area (Å²) >= 11 is 0. The first-order valence-corrected chi connectivity index (χ1v) is 4.62. The number of aryl methyl sites for hydroxylation is 1. The van der Waals surface area contributed by atoms with E-state index in [1.165, 1.54) is 23.2 Å². The summed E-state index contributed by atoms with van der Waals surface area (Å²) in [4.78, 5) is 0. The van der Waals surface area contributed by atoms with Gasteiger partial charge in [0.1, 0.15) is 0 Å². The average molecular weight is 161 g/mol. The highest BCUT2D eigenvalue weighted by atomic mass is 14.9. The van der Waals surface area contributed by atoms with Crippen molar-refractivity contribution in [3.8, 4) is 0 Å². The van der Waals surface area contributed by atoms with E-state index in [9.17, 15) is 0 Å². The molecule has 12 heavy (non-hydrogen) atoms. The standard InChI is InChI=1S/C11H15N/c1-8-6-7-12-11-9(2)4-3-5-10(8)11/h3-5,8,12H,6-7H2,1-2H3/t8-/m0/s1. The Bertz CT molecular complexity index is 291. The van der Waals surface area contributed by atoms with Crippen LogP contribution in [-0.4, -0.2) is 6.54 Å². The van der Waals surface area contributed by atoms with Gasteiger partial charge in [-0.15, -0.1) is 0 Å². The van der Waals surface area contributed by atoms with E-state index in [1.54, 1.807) is 0 Å². The highest BCUT2D eigenvalue weighted by molar-refractivity contribution is 5.59. The Kier molecular flexibility index (Phi) is 1.80. The van der Waals surface area contributed by atoms with Crippen LogP contribution in [0.2, 0.25) is 0 Å². The smallest absolute Gasteiger partial charge is 0.0405 e.